The van der Waals surface area contributed by atoms with Gasteiger partial charge in [0.05, 0.1) is 12.4 Å². The van der Waals surface area contributed by atoms with Crippen LogP contribution in [0.1, 0.15) is 9.67 Å². The van der Waals surface area contributed by atoms with E-state index < -0.39 is 18.9 Å². The molecular formula is C7H5F3N2OS. The van der Waals surface area contributed by atoms with Gasteiger partial charge in [-0.15, -0.1) is 11.3 Å². The van der Waals surface area contributed by atoms with Crippen LogP contribution < -0.4 is 10.2 Å². The predicted octanol–water partition coefficient (Wildman–Crippen LogP) is 1.78. The Bertz CT molecular complexity index is 373. The molecule has 0 atom stereocenters. The van der Waals surface area contributed by atoms with E-state index in [1.165, 1.54) is 11.4 Å². The normalized spacial score (nSPS) is 16.5. The smallest absolute Gasteiger partial charge is 0.333 e. The molecule has 0 spiro atoms. The first-order chi connectivity index (χ1) is 6.50. The molecule has 0 radical (unpaired) electrons. The molecule has 3 nitrogen and oxygen atoms in total. The van der Waals surface area contributed by atoms with Crippen LogP contribution in [0.5, 0.6) is 0 Å². The first-order valence-electron chi connectivity index (χ1n) is 3.70. The summed E-state index contributed by atoms with van der Waals surface area (Å²) in [5.41, 5.74) is -0.0637. The molecule has 1 aromatic rings. The van der Waals surface area contributed by atoms with Gasteiger partial charge in [-0.1, -0.05) is 0 Å². The van der Waals surface area contributed by atoms with E-state index in [4.69, 9.17) is 0 Å². The molecule has 0 bridgehead atoms. The summed E-state index contributed by atoms with van der Waals surface area (Å²) in [5.74, 6) is -0.449. The van der Waals surface area contributed by atoms with E-state index in [0.29, 0.717) is 0 Å². The third-order valence-electron chi connectivity index (χ3n) is 1.85. The number of nitrogens with zero attached hydrogens (tertiary/aromatic N) is 1. The maximum atomic E-state index is 12.4. The first kappa shape index (κ1) is 9.32. The van der Waals surface area contributed by atoms with Crippen molar-refractivity contribution in [2.45, 2.75) is 6.30 Å². The Kier molecular flexibility index (Phi) is 1.91. The second kappa shape index (κ2) is 2.88. The molecular weight excluding hydrogens is 217 g/mol. The van der Waals surface area contributed by atoms with Crippen LogP contribution in [0.2, 0.25) is 0 Å². The van der Waals surface area contributed by atoms with Gasteiger partial charge in [-0.2, -0.15) is 13.2 Å². The molecule has 1 aromatic heterocycles. The van der Waals surface area contributed by atoms with Crippen LogP contribution in [-0.2, 0) is 0 Å². The van der Waals surface area contributed by atoms with E-state index in [-0.39, 0.29) is 15.5 Å². The van der Waals surface area contributed by atoms with Crippen LogP contribution in [-0.4, -0.2) is 18.9 Å². The molecule has 1 aliphatic heterocycles. The van der Waals surface area contributed by atoms with Crippen LogP contribution in [0.3, 0.4) is 0 Å². The molecule has 14 heavy (non-hydrogen) atoms. The summed E-state index contributed by atoms with van der Waals surface area (Å²) in [5, 5.41) is 3.62. The third kappa shape index (κ3) is 1.33. The van der Waals surface area contributed by atoms with Gasteiger partial charge in [-0.05, 0) is 11.4 Å². The number of carbonyl (C=O) groups excluding carboxylic acids is 1. The van der Waals surface area contributed by atoms with Gasteiger partial charge in [0.25, 0.3) is 5.91 Å². The van der Waals surface area contributed by atoms with Crippen LogP contribution in [0.4, 0.5) is 18.9 Å². The number of alkyl halides is 3. The lowest BCUT2D eigenvalue weighted by Crippen LogP contribution is -2.49. The fourth-order valence-corrected chi connectivity index (χ4v) is 2.04. The van der Waals surface area contributed by atoms with Crippen molar-refractivity contribution >= 4 is 22.9 Å². The van der Waals surface area contributed by atoms with E-state index in [2.05, 4.69) is 5.32 Å². The molecule has 1 aliphatic rings. The van der Waals surface area contributed by atoms with Crippen molar-refractivity contribution in [2.24, 2.45) is 0 Å². The summed E-state index contributed by atoms with van der Waals surface area (Å²) < 4.78 is 37.2. The van der Waals surface area contributed by atoms with Crippen LogP contribution >= 0.6 is 11.3 Å². The van der Waals surface area contributed by atoms with E-state index in [1.807, 2.05) is 0 Å². The highest BCUT2D eigenvalue weighted by Gasteiger charge is 2.41. The summed E-state index contributed by atoms with van der Waals surface area (Å²) in [4.78, 5) is 11.4. The average Bonchev–Trinajstić information content (AvgIpc) is 2.50. The number of fused-ring (bicyclic) bond motifs is 1. The van der Waals surface area contributed by atoms with Crippen molar-refractivity contribution in [3.8, 4) is 0 Å². The number of anilines is 1. The van der Waals surface area contributed by atoms with Crippen molar-refractivity contribution < 1.29 is 18.0 Å². The summed E-state index contributed by atoms with van der Waals surface area (Å²) in [6.07, 6.45) is -4.45. The van der Waals surface area contributed by atoms with E-state index in [0.717, 1.165) is 11.3 Å². The molecule has 2 heterocycles. The highest BCUT2D eigenvalue weighted by atomic mass is 32.1. The second-order valence-electron chi connectivity index (χ2n) is 2.69. The Labute approximate surface area is 81.1 Å². The Hall–Kier alpha value is -1.24. The number of rotatable bonds is 0. The average molecular weight is 222 g/mol. The van der Waals surface area contributed by atoms with Crippen molar-refractivity contribution in [3.63, 3.8) is 0 Å². The molecule has 2 rings (SSSR count). The number of hydrogen-bond donors (Lipinski definition) is 1. The number of halogens is 3. The quantitative estimate of drug-likeness (QED) is 0.678. The van der Waals surface area contributed by atoms with E-state index >= 15 is 0 Å². The molecule has 0 saturated carbocycles. The van der Waals surface area contributed by atoms with Crippen molar-refractivity contribution in [2.75, 3.05) is 11.6 Å². The predicted molar refractivity (Wildman–Crippen MR) is 45.2 cm³/mol. The molecule has 0 unspecified atom stereocenters. The summed E-state index contributed by atoms with van der Waals surface area (Å²) in [6, 6.07) is 1.30. The molecule has 7 heteroatoms. The summed E-state index contributed by atoms with van der Waals surface area (Å²) >= 11 is 1.000. The van der Waals surface area contributed by atoms with Gasteiger partial charge >= 0.3 is 6.30 Å². The molecule has 0 fully saturated rings. The molecule has 0 saturated heterocycles. The van der Waals surface area contributed by atoms with Gasteiger partial charge in [-0.25, -0.2) is 0 Å². The van der Waals surface area contributed by atoms with Gasteiger partial charge in [0, 0.05) is 0 Å². The van der Waals surface area contributed by atoms with Crippen LogP contribution in [0.15, 0.2) is 11.4 Å². The van der Waals surface area contributed by atoms with Gasteiger partial charge in [0.15, 0.2) is 0 Å². The Morgan fingerprint density at radius 2 is 2.21 bits per heavy atom. The monoisotopic (exact) mass is 222 g/mol. The van der Waals surface area contributed by atoms with Gasteiger partial charge in [0.2, 0.25) is 0 Å². The fraction of sp³-hybridized carbons (Fsp3) is 0.286. The third-order valence-corrected chi connectivity index (χ3v) is 2.75. The number of nitrogens with one attached hydrogen (secondary N) is 1. The number of amides is 1. The molecule has 1 amide bonds. The molecule has 76 valence electrons. The maximum absolute atomic E-state index is 12.4. The Morgan fingerprint density at radius 1 is 1.50 bits per heavy atom. The summed E-state index contributed by atoms with van der Waals surface area (Å²) in [6.45, 7) is -0.522. The highest BCUT2D eigenvalue weighted by molar-refractivity contribution is 7.12. The van der Waals surface area contributed by atoms with Gasteiger partial charge in [0.1, 0.15) is 4.88 Å². The molecule has 0 aromatic carbocycles. The standard InChI is InChI=1S/C7H5F3N2OS/c8-7(9,10)12-3-11-6(13)5-4(12)1-2-14-5/h1-2H,3H2,(H,11,13). The van der Waals surface area contributed by atoms with Crippen LogP contribution in [0.25, 0.3) is 0 Å². The maximum Gasteiger partial charge on any atom is 0.486 e. The molecule has 0 aliphatic carbocycles. The first-order valence-corrected chi connectivity index (χ1v) is 4.58. The summed E-state index contributed by atoms with van der Waals surface area (Å²) in [7, 11) is 0. The second-order valence-corrected chi connectivity index (χ2v) is 3.61. The zero-order chi connectivity index (χ0) is 10.3. The highest BCUT2D eigenvalue weighted by Crippen LogP contribution is 2.35. The fourth-order valence-electron chi connectivity index (χ4n) is 1.23. The van der Waals surface area contributed by atoms with Crippen molar-refractivity contribution in [3.05, 3.63) is 16.3 Å². The zero-order valence-electron chi connectivity index (χ0n) is 6.76. The van der Waals surface area contributed by atoms with E-state index in [1.54, 1.807) is 0 Å². The minimum absolute atomic E-state index is 0.0637. The lowest BCUT2D eigenvalue weighted by Gasteiger charge is -2.30. The SMILES string of the molecule is O=C1NCN(C(F)(F)F)c2ccsc21. The Balaban J connectivity index is 2.44. The number of carbonyl (C=O) groups is 1. The minimum atomic E-state index is -4.45. The number of thiophene rings is 1. The zero-order valence-corrected chi connectivity index (χ0v) is 7.58. The molecule has 1 N–H and O–H groups in total. The van der Waals surface area contributed by atoms with Crippen LogP contribution in [0, 0.1) is 0 Å². The van der Waals surface area contributed by atoms with Crippen molar-refractivity contribution in [1.29, 1.82) is 0 Å². The Morgan fingerprint density at radius 3 is 2.86 bits per heavy atom. The minimum Gasteiger partial charge on any atom is -0.333 e. The lowest BCUT2D eigenvalue weighted by atomic mass is 10.3. The van der Waals surface area contributed by atoms with Gasteiger partial charge in [-0.3, -0.25) is 9.69 Å². The largest absolute Gasteiger partial charge is 0.486 e. The lowest BCUT2D eigenvalue weighted by molar-refractivity contribution is -0.130. The number of hydrogen-bond acceptors (Lipinski definition) is 3. The van der Waals surface area contributed by atoms with E-state index in [9.17, 15) is 18.0 Å². The topological polar surface area (TPSA) is 32.3 Å². The van der Waals surface area contributed by atoms with Gasteiger partial charge < -0.3 is 5.32 Å². The van der Waals surface area contributed by atoms with Crippen molar-refractivity contribution in [1.82, 2.24) is 5.32 Å².